The van der Waals surface area contributed by atoms with Crippen molar-refractivity contribution in [2.45, 2.75) is 29.9 Å². The summed E-state index contributed by atoms with van der Waals surface area (Å²) in [6.45, 7) is 2.70. The third kappa shape index (κ3) is 4.20. The lowest BCUT2D eigenvalue weighted by Gasteiger charge is -2.23. The zero-order valence-corrected chi connectivity index (χ0v) is 17.0. The molecule has 0 saturated carbocycles. The maximum absolute atomic E-state index is 13.3. The predicted octanol–water partition coefficient (Wildman–Crippen LogP) is 4.04. The summed E-state index contributed by atoms with van der Waals surface area (Å²) in [4.78, 5) is 10.8. The Balaban J connectivity index is 2.19. The van der Waals surface area contributed by atoms with E-state index in [-0.39, 0.29) is 10.6 Å². The van der Waals surface area contributed by atoms with Crippen LogP contribution in [0.1, 0.15) is 30.7 Å². The van der Waals surface area contributed by atoms with E-state index >= 15 is 0 Å². The van der Waals surface area contributed by atoms with E-state index in [9.17, 15) is 18.1 Å². The fraction of sp³-hybridized carbons (Fsp3) is 0.286. The van der Waals surface area contributed by atoms with Crippen LogP contribution in [-0.4, -0.2) is 32.0 Å². The average Bonchev–Trinajstić information content (AvgIpc) is 2.72. The molecule has 1 atom stereocenters. The van der Waals surface area contributed by atoms with Crippen molar-refractivity contribution in [3.8, 4) is 6.07 Å². The van der Waals surface area contributed by atoms with Crippen LogP contribution in [0.25, 0.3) is 11.0 Å². The van der Waals surface area contributed by atoms with Gasteiger partial charge < -0.3 is 4.90 Å². The van der Waals surface area contributed by atoms with Gasteiger partial charge in [0.15, 0.2) is 11.1 Å². The molecule has 0 bridgehead atoms. The molecule has 0 N–H and O–H groups in total. The molecule has 1 unspecified atom stereocenters. The Morgan fingerprint density at radius 1 is 1.10 bits per heavy atom. The molecule has 0 saturated heterocycles. The second-order valence-electron chi connectivity index (χ2n) is 6.70. The molecule has 0 amide bonds. The monoisotopic (exact) mass is 412 g/mol. The number of rotatable bonds is 7. The number of sulfone groups is 1. The summed E-state index contributed by atoms with van der Waals surface area (Å²) < 4.78 is 39.6. The predicted molar refractivity (Wildman–Crippen MR) is 110 cm³/mol. The Hall–Kier alpha value is -3.05. The first-order valence-electron chi connectivity index (χ1n) is 9.25. The number of nitrogens with zero attached hydrogens (tertiary/aromatic N) is 4. The molecule has 0 fully saturated rings. The Kier molecular flexibility index (Phi) is 6.09. The van der Waals surface area contributed by atoms with Gasteiger partial charge in [0, 0.05) is 13.6 Å². The Morgan fingerprint density at radius 2 is 1.72 bits per heavy atom. The van der Waals surface area contributed by atoms with Gasteiger partial charge >= 0.3 is 0 Å². The highest BCUT2D eigenvalue weighted by atomic mass is 32.2. The third-order valence-corrected chi connectivity index (χ3v) is 6.48. The first kappa shape index (κ1) is 20.7. The molecule has 0 spiro atoms. The number of benzene rings is 2. The molecule has 1 aromatic heterocycles. The fourth-order valence-electron chi connectivity index (χ4n) is 3.00. The van der Waals surface area contributed by atoms with Crippen molar-refractivity contribution >= 4 is 26.7 Å². The maximum atomic E-state index is 13.3. The molecule has 3 aromatic rings. The second-order valence-corrected chi connectivity index (χ2v) is 8.74. The number of aromatic nitrogens is 2. The van der Waals surface area contributed by atoms with Gasteiger partial charge in [0.1, 0.15) is 11.5 Å². The van der Waals surface area contributed by atoms with Gasteiger partial charge in [-0.2, -0.15) is 5.26 Å². The molecule has 6 nitrogen and oxygen atoms in total. The Labute approximate surface area is 169 Å². The van der Waals surface area contributed by atoms with E-state index in [4.69, 9.17) is 0 Å². The standard InChI is InChI=1S/C21H21FN4O2S/c1-3-4-13-26(2)21-20(24-17-7-5-6-8-18(17)25-21)19(14-23)29(27,28)16-11-9-15(22)10-12-16/h5-12,19H,3-4,13H2,1-2H3. The molecule has 2 aromatic carbocycles. The van der Waals surface area contributed by atoms with E-state index in [1.165, 1.54) is 0 Å². The highest BCUT2D eigenvalue weighted by Crippen LogP contribution is 2.33. The molecule has 150 valence electrons. The second kappa shape index (κ2) is 8.53. The Bertz CT molecular complexity index is 1160. The van der Waals surface area contributed by atoms with Crippen LogP contribution in [0.5, 0.6) is 0 Å². The van der Waals surface area contributed by atoms with Crippen molar-refractivity contribution in [1.82, 2.24) is 9.97 Å². The van der Waals surface area contributed by atoms with Gasteiger partial charge in [-0.05, 0) is 42.8 Å². The molecule has 0 aliphatic rings. The molecule has 0 aliphatic heterocycles. The molecule has 0 radical (unpaired) electrons. The van der Waals surface area contributed by atoms with Gasteiger partial charge in [0.2, 0.25) is 9.84 Å². The summed E-state index contributed by atoms with van der Waals surface area (Å²) in [5, 5.41) is 8.23. The quantitative estimate of drug-likeness (QED) is 0.544. The van der Waals surface area contributed by atoms with Gasteiger partial charge in [-0.25, -0.2) is 22.8 Å². The van der Waals surface area contributed by atoms with E-state index in [0.717, 1.165) is 37.1 Å². The van der Waals surface area contributed by atoms with Crippen molar-refractivity contribution < 1.29 is 12.8 Å². The van der Waals surface area contributed by atoms with Crippen LogP contribution < -0.4 is 4.90 Å². The summed E-state index contributed by atoms with van der Waals surface area (Å²) in [6, 6.07) is 13.4. The molecular formula is C21H21FN4O2S. The highest BCUT2D eigenvalue weighted by Gasteiger charge is 2.34. The van der Waals surface area contributed by atoms with Gasteiger partial charge in [0.25, 0.3) is 0 Å². The lowest BCUT2D eigenvalue weighted by Crippen LogP contribution is -2.24. The molecule has 3 rings (SSSR count). The van der Waals surface area contributed by atoms with E-state index in [0.29, 0.717) is 23.4 Å². The van der Waals surface area contributed by atoms with Crippen molar-refractivity contribution in [2.75, 3.05) is 18.5 Å². The third-order valence-electron chi connectivity index (χ3n) is 4.60. The minimum absolute atomic E-state index is 0.0779. The number of anilines is 1. The van der Waals surface area contributed by atoms with Crippen LogP contribution in [-0.2, 0) is 9.84 Å². The number of unbranched alkanes of at least 4 members (excludes halogenated alkanes) is 1. The van der Waals surface area contributed by atoms with Crippen molar-refractivity contribution in [2.24, 2.45) is 0 Å². The van der Waals surface area contributed by atoms with Crippen LogP contribution in [0.4, 0.5) is 10.2 Å². The normalized spacial score (nSPS) is 12.5. The van der Waals surface area contributed by atoms with Crippen LogP contribution in [0.15, 0.2) is 53.4 Å². The minimum atomic E-state index is -4.12. The zero-order valence-electron chi connectivity index (χ0n) is 16.2. The lowest BCUT2D eigenvalue weighted by atomic mass is 10.2. The van der Waals surface area contributed by atoms with Gasteiger partial charge in [-0.3, -0.25) is 0 Å². The van der Waals surface area contributed by atoms with E-state index in [1.807, 2.05) is 17.0 Å². The smallest absolute Gasteiger partial charge is 0.200 e. The highest BCUT2D eigenvalue weighted by molar-refractivity contribution is 7.92. The van der Waals surface area contributed by atoms with E-state index in [1.54, 1.807) is 25.2 Å². The van der Waals surface area contributed by atoms with E-state index in [2.05, 4.69) is 16.9 Å². The Morgan fingerprint density at radius 3 is 2.31 bits per heavy atom. The number of hydrogen-bond donors (Lipinski definition) is 0. The van der Waals surface area contributed by atoms with Gasteiger partial charge in [-0.1, -0.05) is 25.5 Å². The molecule has 8 heteroatoms. The van der Waals surface area contributed by atoms with Crippen molar-refractivity contribution in [3.05, 3.63) is 60.0 Å². The number of para-hydroxylation sites is 2. The topological polar surface area (TPSA) is 86.9 Å². The summed E-state index contributed by atoms with van der Waals surface area (Å²) in [6.07, 6.45) is 1.84. The number of fused-ring (bicyclic) bond motifs is 1. The minimum Gasteiger partial charge on any atom is -0.358 e. The summed E-state index contributed by atoms with van der Waals surface area (Å²) in [5.74, 6) is -0.197. The number of hydrogen-bond acceptors (Lipinski definition) is 6. The van der Waals surface area contributed by atoms with Gasteiger partial charge in [-0.15, -0.1) is 0 Å². The lowest BCUT2D eigenvalue weighted by molar-refractivity contribution is 0.588. The average molecular weight is 412 g/mol. The molecule has 1 heterocycles. The maximum Gasteiger partial charge on any atom is 0.200 e. The van der Waals surface area contributed by atoms with Crippen LogP contribution in [0.3, 0.4) is 0 Å². The largest absolute Gasteiger partial charge is 0.358 e. The van der Waals surface area contributed by atoms with Crippen molar-refractivity contribution in [1.29, 1.82) is 5.26 Å². The zero-order chi connectivity index (χ0) is 21.0. The number of halogens is 1. The molecule has 29 heavy (non-hydrogen) atoms. The number of nitriles is 1. The summed E-state index contributed by atoms with van der Waals surface area (Å²) in [7, 11) is -2.32. The van der Waals surface area contributed by atoms with Crippen LogP contribution in [0.2, 0.25) is 0 Å². The fourth-order valence-corrected chi connectivity index (χ4v) is 4.38. The van der Waals surface area contributed by atoms with Crippen LogP contribution in [0, 0.1) is 17.1 Å². The van der Waals surface area contributed by atoms with Gasteiger partial charge in [0.05, 0.1) is 22.0 Å². The first-order valence-corrected chi connectivity index (χ1v) is 10.8. The molecular weight excluding hydrogens is 391 g/mol. The molecule has 0 aliphatic carbocycles. The van der Waals surface area contributed by atoms with Crippen molar-refractivity contribution in [3.63, 3.8) is 0 Å². The van der Waals surface area contributed by atoms with E-state index < -0.39 is 20.9 Å². The van der Waals surface area contributed by atoms with Crippen LogP contribution >= 0.6 is 0 Å². The first-order chi connectivity index (χ1) is 13.9. The SMILES string of the molecule is CCCCN(C)c1nc2ccccc2nc1C(C#N)S(=O)(=O)c1ccc(F)cc1. The summed E-state index contributed by atoms with van der Waals surface area (Å²) >= 11 is 0. The summed E-state index contributed by atoms with van der Waals surface area (Å²) in [5.41, 5.74) is 1.20.